The van der Waals surface area contributed by atoms with Crippen LogP contribution in [0.5, 0.6) is 11.5 Å². The van der Waals surface area contributed by atoms with Crippen molar-refractivity contribution in [3.63, 3.8) is 0 Å². The highest BCUT2D eigenvalue weighted by Gasteiger charge is 2.35. The third-order valence-electron chi connectivity index (χ3n) is 4.72. The summed E-state index contributed by atoms with van der Waals surface area (Å²) in [5, 5.41) is 6.04. The molecule has 148 valence electrons. The third-order valence-corrected chi connectivity index (χ3v) is 5.70. The van der Waals surface area contributed by atoms with Gasteiger partial charge in [-0.2, -0.15) is 5.10 Å². The van der Waals surface area contributed by atoms with Crippen LogP contribution < -0.4 is 9.47 Å². The van der Waals surface area contributed by atoms with Crippen molar-refractivity contribution in [2.75, 3.05) is 19.0 Å². The molecule has 0 N–H and O–H groups in total. The van der Waals surface area contributed by atoms with Gasteiger partial charge in [0.15, 0.2) is 11.5 Å². The molecule has 1 aromatic carbocycles. The molecular weight excluding hydrogens is 392 g/mol. The van der Waals surface area contributed by atoms with Crippen molar-refractivity contribution in [1.82, 2.24) is 5.01 Å². The number of furan rings is 2. The fourth-order valence-corrected chi connectivity index (χ4v) is 4.14. The van der Waals surface area contributed by atoms with Crippen LogP contribution in [0.3, 0.4) is 0 Å². The topological polar surface area (TPSA) is 77.4 Å². The van der Waals surface area contributed by atoms with Crippen LogP contribution in [0.25, 0.3) is 0 Å². The smallest absolute Gasteiger partial charge is 0.253 e. The fourth-order valence-electron chi connectivity index (χ4n) is 3.36. The zero-order valence-electron chi connectivity index (χ0n) is 15.4. The van der Waals surface area contributed by atoms with Crippen molar-refractivity contribution in [1.29, 1.82) is 0 Å². The number of hydrazone groups is 1. The quantitative estimate of drug-likeness (QED) is 0.589. The van der Waals surface area contributed by atoms with Gasteiger partial charge >= 0.3 is 0 Å². The first-order valence-corrected chi connectivity index (χ1v) is 10.3. The number of benzene rings is 1. The molecule has 0 aliphatic carbocycles. The normalized spacial score (nSPS) is 18.0. The minimum Gasteiger partial charge on any atom is -0.486 e. The minimum absolute atomic E-state index is 0.104. The first-order chi connectivity index (χ1) is 14.3. The Morgan fingerprint density at radius 2 is 1.90 bits per heavy atom. The molecule has 29 heavy (non-hydrogen) atoms. The van der Waals surface area contributed by atoms with Gasteiger partial charge in [-0.05, 0) is 42.5 Å². The van der Waals surface area contributed by atoms with Crippen molar-refractivity contribution in [2.24, 2.45) is 5.10 Å². The first-order valence-electron chi connectivity index (χ1n) is 9.27. The number of hydrogen-bond acceptors (Lipinski definition) is 7. The Labute approximate surface area is 171 Å². The van der Waals surface area contributed by atoms with E-state index >= 15 is 0 Å². The van der Waals surface area contributed by atoms with E-state index < -0.39 is 0 Å². The van der Waals surface area contributed by atoms with E-state index in [2.05, 4.69) is 5.10 Å². The Bertz CT molecular complexity index is 1030. The molecule has 5 rings (SSSR count). The number of fused-ring (bicyclic) bond motifs is 1. The highest BCUT2D eigenvalue weighted by Crippen LogP contribution is 2.36. The molecular formula is C21H18N2O5S. The number of hydrogen-bond donors (Lipinski definition) is 0. The largest absolute Gasteiger partial charge is 0.486 e. The number of thioether (sulfide) groups is 1. The molecule has 0 saturated heterocycles. The van der Waals surface area contributed by atoms with E-state index in [0.29, 0.717) is 36.9 Å². The molecule has 1 unspecified atom stereocenters. The van der Waals surface area contributed by atoms with Crippen LogP contribution in [0.1, 0.15) is 24.0 Å². The zero-order valence-corrected chi connectivity index (χ0v) is 16.3. The van der Waals surface area contributed by atoms with Gasteiger partial charge in [0.05, 0.1) is 18.3 Å². The summed E-state index contributed by atoms with van der Waals surface area (Å²) in [4.78, 5) is 13.9. The second-order valence-electron chi connectivity index (χ2n) is 6.59. The molecule has 1 atom stereocenters. The zero-order chi connectivity index (χ0) is 19.6. The summed E-state index contributed by atoms with van der Waals surface area (Å²) >= 11 is 1.44. The summed E-state index contributed by atoms with van der Waals surface area (Å²) in [6.45, 7) is 1.08. The molecule has 2 aliphatic heterocycles. The van der Waals surface area contributed by atoms with Gasteiger partial charge in [-0.1, -0.05) is 0 Å². The Morgan fingerprint density at radius 3 is 2.69 bits per heavy atom. The molecule has 1 amide bonds. The van der Waals surface area contributed by atoms with Gasteiger partial charge in [-0.3, -0.25) is 4.79 Å². The molecule has 2 aliphatic rings. The van der Waals surface area contributed by atoms with E-state index in [4.69, 9.17) is 18.3 Å². The molecule has 0 radical (unpaired) electrons. The number of nitrogens with zero attached hydrogens (tertiary/aromatic N) is 2. The molecule has 0 fully saturated rings. The average Bonchev–Trinajstić information content (AvgIpc) is 3.52. The Kier molecular flexibility index (Phi) is 4.77. The van der Waals surface area contributed by atoms with Crippen LogP contribution in [-0.2, 0) is 4.79 Å². The Hall–Kier alpha value is -3.13. The summed E-state index contributed by atoms with van der Waals surface area (Å²) in [6.07, 6.45) is 3.75. The molecule has 3 aromatic rings. The maximum atomic E-state index is 13.0. The van der Waals surface area contributed by atoms with Gasteiger partial charge in [-0.15, -0.1) is 11.8 Å². The lowest BCUT2D eigenvalue weighted by atomic mass is 10.1. The molecule has 2 aromatic heterocycles. The SMILES string of the molecule is O=C(CSc1ccc2c(c1)OCCO2)N1N=C(c2ccco2)CC1c1ccco1. The van der Waals surface area contributed by atoms with E-state index in [1.165, 1.54) is 16.8 Å². The lowest BCUT2D eigenvalue weighted by Gasteiger charge is -2.20. The summed E-state index contributed by atoms with van der Waals surface area (Å²) < 4.78 is 22.2. The summed E-state index contributed by atoms with van der Waals surface area (Å²) in [5.41, 5.74) is 0.731. The van der Waals surface area contributed by atoms with E-state index in [0.717, 1.165) is 16.4 Å². The number of carbonyl (C=O) groups is 1. The number of carbonyl (C=O) groups excluding carboxylic acids is 1. The molecule has 0 spiro atoms. The number of ether oxygens (including phenoxy) is 2. The van der Waals surface area contributed by atoms with Gasteiger partial charge in [0.2, 0.25) is 0 Å². The van der Waals surface area contributed by atoms with Crippen LogP contribution in [0, 0.1) is 0 Å². The van der Waals surface area contributed by atoms with Gasteiger partial charge in [0.1, 0.15) is 36.5 Å². The average molecular weight is 410 g/mol. The van der Waals surface area contributed by atoms with Crippen LogP contribution in [0.4, 0.5) is 0 Å². The Morgan fingerprint density at radius 1 is 1.07 bits per heavy atom. The van der Waals surface area contributed by atoms with Crippen LogP contribution in [0.2, 0.25) is 0 Å². The lowest BCUT2D eigenvalue weighted by molar-refractivity contribution is -0.130. The third kappa shape index (κ3) is 3.63. The van der Waals surface area contributed by atoms with Crippen molar-refractivity contribution in [2.45, 2.75) is 17.4 Å². The van der Waals surface area contributed by atoms with Crippen molar-refractivity contribution in [3.05, 3.63) is 66.5 Å². The van der Waals surface area contributed by atoms with Gasteiger partial charge in [-0.25, -0.2) is 5.01 Å². The molecule has 7 nitrogen and oxygen atoms in total. The van der Waals surface area contributed by atoms with Gasteiger partial charge < -0.3 is 18.3 Å². The molecule has 0 saturated carbocycles. The predicted molar refractivity (Wildman–Crippen MR) is 106 cm³/mol. The first kappa shape index (κ1) is 17.9. The van der Waals surface area contributed by atoms with E-state index in [1.807, 2.05) is 42.5 Å². The van der Waals surface area contributed by atoms with E-state index in [1.54, 1.807) is 12.5 Å². The number of amides is 1. The maximum absolute atomic E-state index is 13.0. The maximum Gasteiger partial charge on any atom is 0.253 e. The summed E-state index contributed by atoms with van der Waals surface area (Å²) in [5.74, 6) is 2.95. The van der Waals surface area contributed by atoms with Crippen LogP contribution in [0.15, 0.2) is 73.8 Å². The fraction of sp³-hybridized carbons (Fsp3) is 0.238. The van der Waals surface area contributed by atoms with Crippen molar-refractivity contribution in [3.8, 4) is 11.5 Å². The summed E-state index contributed by atoms with van der Waals surface area (Å²) in [6, 6.07) is 12.7. The van der Waals surface area contributed by atoms with Crippen molar-refractivity contribution >= 4 is 23.4 Å². The lowest BCUT2D eigenvalue weighted by Crippen LogP contribution is -2.28. The van der Waals surface area contributed by atoms with Crippen LogP contribution >= 0.6 is 11.8 Å². The second-order valence-corrected chi connectivity index (χ2v) is 7.64. The Balaban J connectivity index is 1.32. The highest BCUT2D eigenvalue weighted by atomic mass is 32.2. The monoisotopic (exact) mass is 410 g/mol. The molecule has 0 bridgehead atoms. The second kappa shape index (κ2) is 7.71. The highest BCUT2D eigenvalue weighted by molar-refractivity contribution is 8.00. The van der Waals surface area contributed by atoms with E-state index in [-0.39, 0.29) is 17.7 Å². The van der Waals surface area contributed by atoms with Crippen molar-refractivity contribution < 1.29 is 23.1 Å². The molecule has 8 heteroatoms. The predicted octanol–water partition coefficient (Wildman–Crippen LogP) is 4.11. The summed E-state index contributed by atoms with van der Waals surface area (Å²) in [7, 11) is 0. The van der Waals surface area contributed by atoms with Gasteiger partial charge in [0, 0.05) is 11.3 Å². The standard InChI is InChI=1S/C21H18N2O5S/c24-21(13-29-14-5-6-19-20(11-14)28-10-9-27-19)23-16(18-4-2-8-26-18)12-15(22-23)17-3-1-7-25-17/h1-8,11,16H,9-10,12-13H2. The van der Waals surface area contributed by atoms with E-state index in [9.17, 15) is 4.79 Å². The molecule has 4 heterocycles. The number of rotatable bonds is 5. The van der Waals surface area contributed by atoms with Gasteiger partial charge in [0.25, 0.3) is 5.91 Å². The minimum atomic E-state index is -0.279. The van der Waals surface area contributed by atoms with Crippen LogP contribution in [-0.4, -0.2) is 35.6 Å².